The van der Waals surface area contributed by atoms with Crippen molar-refractivity contribution < 1.29 is 28.5 Å². The first kappa shape index (κ1) is 32.4. The van der Waals surface area contributed by atoms with Crippen LogP contribution in [0, 0.1) is 13.8 Å². The highest BCUT2D eigenvalue weighted by atomic mass is 16.5. The minimum Gasteiger partial charge on any atom is -0.497 e. The van der Waals surface area contributed by atoms with Crippen molar-refractivity contribution in [1.29, 1.82) is 0 Å². The van der Waals surface area contributed by atoms with Crippen LogP contribution < -0.4 is 18.9 Å². The van der Waals surface area contributed by atoms with Gasteiger partial charge in [0.25, 0.3) is 0 Å². The molecule has 0 amide bonds. The van der Waals surface area contributed by atoms with E-state index in [9.17, 15) is 4.79 Å². The third-order valence-corrected chi connectivity index (χ3v) is 4.06. The van der Waals surface area contributed by atoms with Crippen LogP contribution in [-0.2, 0) is 4.79 Å². The first-order valence-electron chi connectivity index (χ1n) is 10.6. The number of carbonyl (C=O) groups is 2. The Bertz CT molecular complexity index is 890. The van der Waals surface area contributed by atoms with Gasteiger partial charge in [-0.05, 0) is 38.1 Å². The number of hydrogen-bond acceptors (Lipinski definition) is 6. The highest BCUT2D eigenvalue weighted by molar-refractivity contribution is 5.74. The van der Waals surface area contributed by atoms with Gasteiger partial charge < -0.3 is 23.7 Å². The van der Waals surface area contributed by atoms with Gasteiger partial charge in [-0.1, -0.05) is 61.4 Å². The maximum absolute atomic E-state index is 10.1. The van der Waals surface area contributed by atoms with E-state index in [1.807, 2.05) is 82.2 Å². The molecule has 0 aliphatic carbocycles. The maximum atomic E-state index is 10.1. The number of rotatable bonds is 5. The molecule has 3 rings (SSSR count). The number of methoxy groups -OCH3 is 4. The smallest absolute Gasteiger partial charge is 0.164 e. The van der Waals surface area contributed by atoms with Gasteiger partial charge in [-0.15, -0.1) is 0 Å². The molecule has 0 aliphatic heterocycles. The molecule has 6 nitrogen and oxygen atoms in total. The number of carbonyl (C=O) groups excluding carboxylic acids is 2. The fraction of sp³-hybridized carbons (Fsp3) is 0.286. The van der Waals surface area contributed by atoms with Crippen LogP contribution in [0.3, 0.4) is 0 Å². The molecule has 0 atom stereocenters. The molecule has 0 spiro atoms. The molecule has 0 N–H and O–H groups in total. The van der Waals surface area contributed by atoms with Gasteiger partial charge in [-0.25, -0.2) is 0 Å². The van der Waals surface area contributed by atoms with Crippen molar-refractivity contribution in [2.24, 2.45) is 0 Å². The zero-order chi connectivity index (χ0) is 26.4. The summed E-state index contributed by atoms with van der Waals surface area (Å²) in [6, 6.07) is 20.8. The highest BCUT2D eigenvalue weighted by Gasteiger charge is 2.03. The first-order chi connectivity index (χ1) is 16.5. The van der Waals surface area contributed by atoms with Crippen molar-refractivity contribution in [3.8, 4) is 23.0 Å². The summed E-state index contributed by atoms with van der Waals surface area (Å²) in [4.78, 5) is 18.1. The second-order valence-corrected chi connectivity index (χ2v) is 6.27. The van der Waals surface area contributed by atoms with Crippen molar-refractivity contribution >= 4 is 13.1 Å². The summed E-state index contributed by atoms with van der Waals surface area (Å²) in [6.07, 6.45) is 0.847. The molecule has 186 valence electrons. The normalized spacial score (nSPS) is 8.35. The summed E-state index contributed by atoms with van der Waals surface area (Å²) in [6.45, 7) is 10.0. The van der Waals surface area contributed by atoms with Crippen LogP contribution in [0.1, 0.15) is 35.3 Å². The summed E-state index contributed by atoms with van der Waals surface area (Å²) in [5.74, 6) is 3.06. The summed E-state index contributed by atoms with van der Waals surface area (Å²) < 4.78 is 20.1. The first-order valence-corrected chi connectivity index (χ1v) is 10.6. The second kappa shape index (κ2) is 21.1. The van der Waals surface area contributed by atoms with E-state index in [0.717, 1.165) is 23.3 Å². The fourth-order valence-corrected chi connectivity index (χ4v) is 2.26. The van der Waals surface area contributed by atoms with E-state index in [2.05, 4.69) is 6.92 Å². The van der Waals surface area contributed by atoms with Crippen molar-refractivity contribution in [2.45, 2.75) is 27.7 Å². The second-order valence-electron chi connectivity index (χ2n) is 6.27. The molecule has 0 heterocycles. The molecule has 0 unspecified atom stereocenters. The van der Waals surface area contributed by atoms with Gasteiger partial charge in [0, 0.05) is 11.6 Å². The molecule has 0 aromatic heterocycles. The molecule has 0 aliphatic rings. The topological polar surface area (TPSA) is 71.1 Å². The lowest BCUT2D eigenvalue weighted by Crippen LogP contribution is -1.91. The Kier molecular flexibility index (Phi) is 20.1. The monoisotopic (exact) mass is 470 g/mol. The molecule has 0 saturated carbocycles. The minimum atomic E-state index is 0.678. The number of ether oxygens (including phenoxy) is 4. The Balaban J connectivity index is 0. The molecule has 0 bridgehead atoms. The van der Waals surface area contributed by atoms with E-state index in [4.69, 9.17) is 23.7 Å². The number of hydrogen-bond donors (Lipinski definition) is 0. The molecule has 0 fully saturated rings. The van der Waals surface area contributed by atoms with E-state index in [1.165, 1.54) is 11.1 Å². The van der Waals surface area contributed by atoms with Gasteiger partial charge in [0.1, 0.15) is 24.6 Å². The summed E-state index contributed by atoms with van der Waals surface area (Å²) in [7, 11) is 6.48. The van der Waals surface area contributed by atoms with Gasteiger partial charge in [0.05, 0.1) is 28.4 Å². The lowest BCUT2D eigenvalue weighted by molar-refractivity contribution is -0.0980. The molecule has 0 radical (unpaired) electrons. The molecule has 0 saturated heterocycles. The van der Waals surface area contributed by atoms with Crippen LogP contribution in [0.5, 0.6) is 23.0 Å². The van der Waals surface area contributed by atoms with Crippen molar-refractivity contribution in [3.05, 3.63) is 83.4 Å². The standard InChI is InChI=1S/C9H12O3.C8H10O.C8H8O.C2H6.CH2O/c1-10-7-4-5-8(11-2)9(6-7)12-3;1-7-3-5-8(9-2)6-4-7;1-7-2-4-8(6-9)5-3-7;2*1-2/h4-6H,1-3H3;3-6H,1-2H3;2-6H,1H3;1-2H3;1H2. The van der Waals surface area contributed by atoms with Crippen molar-refractivity contribution in [1.82, 2.24) is 0 Å². The van der Waals surface area contributed by atoms with E-state index < -0.39 is 0 Å². The van der Waals surface area contributed by atoms with Crippen LogP contribution in [0.15, 0.2) is 66.7 Å². The Hall–Kier alpha value is -3.80. The van der Waals surface area contributed by atoms with E-state index in [1.54, 1.807) is 40.6 Å². The van der Waals surface area contributed by atoms with E-state index in [0.29, 0.717) is 11.5 Å². The van der Waals surface area contributed by atoms with Gasteiger partial charge in [-0.2, -0.15) is 0 Å². The Morgan fingerprint density at radius 2 is 1.00 bits per heavy atom. The minimum absolute atomic E-state index is 0.678. The summed E-state index contributed by atoms with van der Waals surface area (Å²) in [5.41, 5.74) is 3.18. The molecule has 3 aromatic rings. The molecule has 34 heavy (non-hydrogen) atoms. The lowest BCUT2D eigenvalue weighted by atomic mass is 10.2. The predicted octanol–water partition coefficient (Wildman–Crippen LogP) is 6.36. The Morgan fingerprint density at radius 1 is 0.588 bits per heavy atom. The number of benzene rings is 3. The number of aldehydes is 1. The largest absolute Gasteiger partial charge is 0.497 e. The van der Waals surface area contributed by atoms with Crippen LogP contribution in [0.2, 0.25) is 0 Å². The van der Waals surface area contributed by atoms with Gasteiger partial charge in [0.15, 0.2) is 11.5 Å². The highest BCUT2D eigenvalue weighted by Crippen LogP contribution is 2.30. The summed E-state index contributed by atoms with van der Waals surface area (Å²) in [5, 5.41) is 0. The van der Waals surface area contributed by atoms with Crippen LogP contribution >= 0.6 is 0 Å². The van der Waals surface area contributed by atoms with Crippen molar-refractivity contribution in [3.63, 3.8) is 0 Å². The molecular formula is C28H38O6. The Morgan fingerprint density at radius 3 is 1.38 bits per heavy atom. The molecule has 3 aromatic carbocycles. The zero-order valence-corrected chi connectivity index (χ0v) is 21.6. The van der Waals surface area contributed by atoms with Gasteiger partial charge in [-0.3, -0.25) is 4.79 Å². The van der Waals surface area contributed by atoms with Gasteiger partial charge in [0.2, 0.25) is 0 Å². The van der Waals surface area contributed by atoms with Crippen molar-refractivity contribution in [2.75, 3.05) is 28.4 Å². The van der Waals surface area contributed by atoms with E-state index >= 15 is 0 Å². The van der Waals surface area contributed by atoms with Gasteiger partial charge >= 0.3 is 0 Å². The SMILES string of the molecule is C=O.CC.COc1ccc(C)cc1.COc1ccc(OC)c(OC)c1.Cc1ccc(C=O)cc1. The van der Waals surface area contributed by atoms with Crippen LogP contribution in [0.25, 0.3) is 0 Å². The molecular weight excluding hydrogens is 432 g/mol. The average molecular weight is 471 g/mol. The Labute approximate surface area is 204 Å². The molecule has 6 heteroatoms. The van der Waals surface area contributed by atoms with E-state index in [-0.39, 0.29) is 0 Å². The summed E-state index contributed by atoms with van der Waals surface area (Å²) >= 11 is 0. The average Bonchev–Trinajstić information content (AvgIpc) is 2.92. The fourth-order valence-electron chi connectivity index (χ4n) is 2.26. The lowest BCUT2D eigenvalue weighted by Gasteiger charge is -2.08. The third kappa shape index (κ3) is 13.6. The van der Waals surface area contributed by atoms with Crippen LogP contribution in [-0.4, -0.2) is 41.5 Å². The number of aryl methyl sites for hydroxylation is 2. The predicted molar refractivity (Wildman–Crippen MR) is 139 cm³/mol. The third-order valence-electron chi connectivity index (χ3n) is 4.06. The quantitative estimate of drug-likeness (QED) is 0.404. The maximum Gasteiger partial charge on any atom is 0.164 e. The zero-order valence-electron chi connectivity index (χ0n) is 21.6. The van der Waals surface area contributed by atoms with Crippen LogP contribution in [0.4, 0.5) is 0 Å².